The van der Waals surface area contributed by atoms with Crippen molar-refractivity contribution in [2.45, 2.75) is 25.6 Å². The second-order valence-electron chi connectivity index (χ2n) is 6.74. The summed E-state index contributed by atoms with van der Waals surface area (Å²) in [6.45, 7) is 3.29. The average Bonchev–Trinajstić information content (AvgIpc) is 2.66. The van der Waals surface area contributed by atoms with Crippen LogP contribution in [-0.4, -0.2) is 42.2 Å². The fraction of sp³-hybridized carbons (Fsp3) is 0.278. The average molecular weight is 405 g/mol. The Morgan fingerprint density at radius 3 is 2.28 bits per heavy atom. The van der Waals surface area contributed by atoms with Gasteiger partial charge in [-0.25, -0.2) is 4.98 Å². The standard InChI is InChI=1S/C18H18F3N7O/c1-17(2,29)10-23-15-26-14(12-4-3-5-13(25-12)18(19,20)21)27-16(28-15)24-11-6-8-22-9-7-11/h3-9,29H,10H2,1-2H3,(H2,22,23,24,26,27,28). The molecule has 3 aromatic heterocycles. The van der Waals surface area contributed by atoms with Gasteiger partial charge in [0.1, 0.15) is 11.4 Å². The van der Waals surface area contributed by atoms with Crippen LogP contribution in [-0.2, 0) is 6.18 Å². The number of halogens is 3. The molecule has 11 heteroatoms. The zero-order valence-electron chi connectivity index (χ0n) is 15.6. The summed E-state index contributed by atoms with van der Waals surface area (Å²) in [5.41, 5.74) is -1.54. The number of hydrogen-bond acceptors (Lipinski definition) is 8. The van der Waals surface area contributed by atoms with Gasteiger partial charge in [0.25, 0.3) is 0 Å². The van der Waals surface area contributed by atoms with Crippen molar-refractivity contribution in [1.29, 1.82) is 0 Å². The molecule has 0 spiro atoms. The van der Waals surface area contributed by atoms with Crippen molar-refractivity contribution < 1.29 is 18.3 Å². The summed E-state index contributed by atoms with van der Waals surface area (Å²) >= 11 is 0. The molecule has 3 N–H and O–H groups in total. The third-order valence-electron chi connectivity index (χ3n) is 3.52. The number of hydrogen-bond donors (Lipinski definition) is 3. The maximum absolute atomic E-state index is 13.0. The van der Waals surface area contributed by atoms with Crippen LogP contribution >= 0.6 is 0 Å². The molecule has 0 unspecified atom stereocenters. The molecule has 0 atom stereocenters. The smallest absolute Gasteiger partial charge is 0.389 e. The summed E-state index contributed by atoms with van der Waals surface area (Å²) in [5, 5.41) is 15.7. The van der Waals surface area contributed by atoms with E-state index in [0.29, 0.717) is 5.69 Å². The normalized spacial score (nSPS) is 11.9. The molecular formula is C18H18F3N7O. The predicted octanol–water partition coefficient (Wildman–Crippen LogP) is 3.27. The molecule has 0 aliphatic heterocycles. The van der Waals surface area contributed by atoms with E-state index in [4.69, 9.17) is 0 Å². The maximum atomic E-state index is 13.0. The highest BCUT2D eigenvalue weighted by Gasteiger charge is 2.32. The first-order valence-electron chi connectivity index (χ1n) is 8.54. The van der Waals surface area contributed by atoms with Crippen LogP contribution in [0.3, 0.4) is 0 Å². The second kappa shape index (κ2) is 7.95. The number of nitrogens with one attached hydrogen (secondary N) is 2. The van der Waals surface area contributed by atoms with Gasteiger partial charge in [-0.1, -0.05) is 6.07 Å². The molecule has 0 radical (unpaired) electrons. The van der Waals surface area contributed by atoms with E-state index in [2.05, 4.69) is 35.6 Å². The van der Waals surface area contributed by atoms with E-state index in [1.54, 1.807) is 38.4 Å². The summed E-state index contributed by atoms with van der Waals surface area (Å²) in [5.74, 6) is 0.118. The summed E-state index contributed by atoms with van der Waals surface area (Å²) in [6, 6.07) is 6.83. The Balaban J connectivity index is 2.00. The lowest BCUT2D eigenvalue weighted by molar-refractivity contribution is -0.141. The van der Waals surface area contributed by atoms with Gasteiger partial charge in [0.15, 0.2) is 5.82 Å². The zero-order valence-corrected chi connectivity index (χ0v) is 15.6. The van der Waals surface area contributed by atoms with Crippen molar-refractivity contribution in [3.63, 3.8) is 0 Å². The number of alkyl halides is 3. The highest BCUT2D eigenvalue weighted by atomic mass is 19.4. The molecule has 0 aliphatic carbocycles. The summed E-state index contributed by atoms with van der Waals surface area (Å²) in [7, 11) is 0. The molecule has 0 aliphatic rings. The summed E-state index contributed by atoms with van der Waals surface area (Å²) in [4.78, 5) is 20.1. The van der Waals surface area contributed by atoms with Crippen molar-refractivity contribution in [3.8, 4) is 11.5 Å². The highest BCUT2D eigenvalue weighted by Crippen LogP contribution is 2.29. The Morgan fingerprint density at radius 1 is 0.931 bits per heavy atom. The van der Waals surface area contributed by atoms with Gasteiger partial charge >= 0.3 is 6.18 Å². The van der Waals surface area contributed by atoms with E-state index in [9.17, 15) is 18.3 Å². The number of pyridine rings is 2. The van der Waals surface area contributed by atoms with Gasteiger partial charge in [0, 0.05) is 24.6 Å². The van der Waals surface area contributed by atoms with Gasteiger partial charge in [0.2, 0.25) is 11.9 Å². The molecule has 0 saturated heterocycles. The quantitative estimate of drug-likeness (QED) is 0.573. The first kappa shape index (κ1) is 20.4. The van der Waals surface area contributed by atoms with Crippen LogP contribution in [0.2, 0.25) is 0 Å². The third kappa shape index (κ3) is 5.82. The lowest BCUT2D eigenvalue weighted by Gasteiger charge is -2.18. The molecule has 152 valence electrons. The van der Waals surface area contributed by atoms with Gasteiger partial charge in [-0.15, -0.1) is 0 Å². The second-order valence-corrected chi connectivity index (χ2v) is 6.74. The summed E-state index contributed by atoms with van der Waals surface area (Å²) in [6.07, 6.45) is -1.47. The molecule has 0 aromatic carbocycles. The first-order valence-corrected chi connectivity index (χ1v) is 8.54. The molecule has 0 saturated carbocycles. The topological polar surface area (TPSA) is 109 Å². The van der Waals surface area contributed by atoms with E-state index < -0.39 is 17.5 Å². The zero-order chi connectivity index (χ0) is 21.1. The van der Waals surface area contributed by atoms with Crippen molar-refractivity contribution in [2.24, 2.45) is 0 Å². The Bertz CT molecular complexity index is 975. The monoisotopic (exact) mass is 405 g/mol. The molecule has 3 aromatic rings. The minimum atomic E-state index is -4.59. The maximum Gasteiger partial charge on any atom is 0.433 e. The fourth-order valence-corrected chi connectivity index (χ4v) is 2.20. The molecule has 3 heterocycles. The minimum Gasteiger partial charge on any atom is -0.389 e. The van der Waals surface area contributed by atoms with Gasteiger partial charge in [0.05, 0.1) is 5.60 Å². The van der Waals surface area contributed by atoms with Gasteiger partial charge < -0.3 is 15.7 Å². The molecule has 29 heavy (non-hydrogen) atoms. The third-order valence-corrected chi connectivity index (χ3v) is 3.52. The predicted molar refractivity (Wildman–Crippen MR) is 100 cm³/mol. The lowest BCUT2D eigenvalue weighted by Crippen LogP contribution is -2.30. The highest BCUT2D eigenvalue weighted by molar-refractivity contribution is 5.58. The molecule has 0 bridgehead atoms. The number of anilines is 3. The number of nitrogens with zero attached hydrogens (tertiary/aromatic N) is 5. The van der Waals surface area contributed by atoms with Crippen LogP contribution in [0.5, 0.6) is 0 Å². The van der Waals surface area contributed by atoms with Crippen molar-refractivity contribution in [3.05, 3.63) is 48.4 Å². The van der Waals surface area contributed by atoms with Crippen LogP contribution in [0, 0.1) is 0 Å². The van der Waals surface area contributed by atoms with E-state index in [-0.39, 0.29) is 30.0 Å². The van der Waals surface area contributed by atoms with E-state index in [1.165, 1.54) is 12.1 Å². The Kier molecular flexibility index (Phi) is 5.59. The fourth-order valence-electron chi connectivity index (χ4n) is 2.20. The number of aliphatic hydroxyl groups is 1. The minimum absolute atomic E-state index is 0.0547. The Labute approximate surface area is 164 Å². The van der Waals surface area contributed by atoms with Crippen molar-refractivity contribution in [2.75, 3.05) is 17.2 Å². The molecular weight excluding hydrogens is 387 g/mol. The largest absolute Gasteiger partial charge is 0.433 e. The van der Waals surface area contributed by atoms with E-state index in [0.717, 1.165) is 6.07 Å². The van der Waals surface area contributed by atoms with Crippen molar-refractivity contribution in [1.82, 2.24) is 24.9 Å². The van der Waals surface area contributed by atoms with Crippen LogP contribution in [0.25, 0.3) is 11.5 Å². The van der Waals surface area contributed by atoms with Gasteiger partial charge in [-0.2, -0.15) is 28.1 Å². The molecule has 0 fully saturated rings. The van der Waals surface area contributed by atoms with Crippen LogP contribution < -0.4 is 10.6 Å². The number of aromatic nitrogens is 5. The molecule has 0 amide bonds. The first-order chi connectivity index (χ1) is 13.6. The Morgan fingerprint density at radius 2 is 1.62 bits per heavy atom. The Hall–Kier alpha value is -3.34. The summed E-state index contributed by atoms with van der Waals surface area (Å²) < 4.78 is 39.0. The van der Waals surface area contributed by atoms with Gasteiger partial charge in [-0.05, 0) is 38.1 Å². The van der Waals surface area contributed by atoms with Crippen LogP contribution in [0.4, 0.5) is 30.8 Å². The van der Waals surface area contributed by atoms with Crippen LogP contribution in [0.1, 0.15) is 19.5 Å². The van der Waals surface area contributed by atoms with E-state index >= 15 is 0 Å². The van der Waals surface area contributed by atoms with E-state index in [1.807, 2.05) is 0 Å². The number of rotatable bonds is 6. The molecule has 8 nitrogen and oxygen atoms in total. The lowest BCUT2D eigenvalue weighted by atomic mass is 10.1. The molecule has 3 rings (SSSR count). The SMILES string of the molecule is CC(C)(O)CNc1nc(Nc2ccncc2)nc(-c2cccc(C(F)(F)F)n2)n1. The van der Waals surface area contributed by atoms with Crippen molar-refractivity contribution >= 4 is 17.6 Å². The van der Waals surface area contributed by atoms with Gasteiger partial charge in [-0.3, -0.25) is 4.98 Å². The van der Waals surface area contributed by atoms with Crippen LogP contribution in [0.15, 0.2) is 42.7 Å².